The molecule has 0 N–H and O–H groups in total. The summed E-state index contributed by atoms with van der Waals surface area (Å²) in [5, 5.41) is 0. The van der Waals surface area contributed by atoms with Crippen molar-refractivity contribution in [3.63, 3.8) is 0 Å². The van der Waals surface area contributed by atoms with Gasteiger partial charge < -0.3 is 9.64 Å². The summed E-state index contributed by atoms with van der Waals surface area (Å²) in [6.07, 6.45) is 1.18. The fraction of sp³-hybridized carbons (Fsp3) is 0.923. The maximum absolute atomic E-state index is 11.4. The first-order chi connectivity index (χ1) is 7.99. The van der Waals surface area contributed by atoms with Crippen LogP contribution >= 0.6 is 0 Å². The van der Waals surface area contributed by atoms with Gasteiger partial charge in [-0.2, -0.15) is 0 Å². The number of ether oxygens (including phenoxy) is 1. The smallest absolute Gasteiger partial charge is 0.219 e. The lowest BCUT2D eigenvalue weighted by molar-refractivity contribution is -0.134. The maximum atomic E-state index is 11.4. The lowest BCUT2D eigenvalue weighted by Gasteiger charge is -2.47. The van der Waals surface area contributed by atoms with Gasteiger partial charge in [-0.25, -0.2) is 0 Å². The van der Waals surface area contributed by atoms with E-state index in [1.54, 1.807) is 6.92 Å². The summed E-state index contributed by atoms with van der Waals surface area (Å²) in [5.74, 6) is 0.875. The number of hydrogen-bond acceptors (Lipinski definition) is 3. The van der Waals surface area contributed by atoms with Crippen LogP contribution in [0.15, 0.2) is 0 Å². The molecule has 1 atom stereocenters. The number of carbonyl (C=O) groups is 1. The van der Waals surface area contributed by atoms with Crippen molar-refractivity contribution in [2.75, 3.05) is 39.4 Å². The Morgan fingerprint density at radius 3 is 2.71 bits per heavy atom. The van der Waals surface area contributed by atoms with E-state index in [9.17, 15) is 4.79 Å². The number of nitrogens with zero attached hydrogens (tertiary/aromatic N) is 2. The standard InChI is InChI=1S/C13H24N2O2/c1-11(16)14-5-6-15(13(2,3)10-14)8-12-4-7-17-9-12/h12H,4-10H2,1-3H3/t12-/m1/s1. The summed E-state index contributed by atoms with van der Waals surface area (Å²) < 4.78 is 5.43. The molecule has 0 aromatic rings. The molecule has 2 heterocycles. The van der Waals surface area contributed by atoms with Crippen molar-refractivity contribution in [1.29, 1.82) is 0 Å². The maximum Gasteiger partial charge on any atom is 0.219 e. The Morgan fingerprint density at radius 1 is 1.41 bits per heavy atom. The third-order valence-electron chi connectivity index (χ3n) is 4.02. The van der Waals surface area contributed by atoms with E-state index < -0.39 is 0 Å². The van der Waals surface area contributed by atoms with Gasteiger partial charge in [0.05, 0.1) is 6.61 Å². The average molecular weight is 240 g/mol. The van der Waals surface area contributed by atoms with E-state index in [2.05, 4.69) is 18.7 Å². The zero-order chi connectivity index (χ0) is 12.5. The minimum atomic E-state index is 0.0898. The van der Waals surface area contributed by atoms with Crippen molar-refractivity contribution < 1.29 is 9.53 Å². The highest BCUT2D eigenvalue weighted by Gasteiger charge is 2.36. The average Bonchev–Trinajstić information content (AvgIpc) is 2.73. The van der Waals surface area contributed by atoms with Gasteiger partial charge in [0, 0.05) is 45.2 Å². The van der Waals surface area contributed by atoms with Crippen LogP contribution in [0.4, 0.5) is 0 Å². The molecule has 0 saturated carbocycles. The quantitative estimate of drug-likeness (QED) is 0.721. The normalized spacial score (nSPS) is 29.6. The predicted octanol–water partition coefficient (Wildman–Crippen LogP) is 0.966. The van der Waals surface area contributed by atoms with E-state index >= 15 is 0 Å². The topological polar surface area (TPSA) is 32.8 Å². The molecule has 0 spiro atoms. The van der Waals surface area contributed by atoms with Gasteiger partial charge in [-0.3, -0.25) is 9.69 Å². The first-order valence-corrected chi connectivity index (χ1v) is 6.57. The molecular weight excluding hydrogens is 216 g/mol. The molecule has 17 heavy (non-hydrogen) atoms. The number of hydrogen-bond donors (Lipinski definition) is 0. The first kappa shape index (κ1) is 12.8. The molecule has 0 aliphatic carbocycles. The SMILES string of the molecule is CC(=O)N1CCN(C[C@H]2CCOC2)C(C)(C)C1. The first-order valence-electron chi connectivity index (χ1n) is 6.57. The van der Waals surface area contributed by atoms with E-state index in [1.165, 1.54) is 6.42 Å². The van der Waals surface area contributed by atoms with E-state index in [-0.39, 0.29) is 11.4 Å². The second-order valence-corrected chi connectivity index (χ2v) is 5.93. The summed E-state index contributed by atoms with van der Waals surface area (Å²) in [6.45, 7) is 11.8. The lowest BCUT2D eigenvalue weighted by atomic mass is 9.96. The monoisotopic (exact) mass is 240 g/mol. The van der Waals surface area contributed by atoms with Crippen LogP contribution in [-0.4, -0.2) is 60.6 Å². The van der Waals surface area contributed by atoms with Crippen molar-refractivity contribution in [1.82, 2.24) is 9.80 Å². The molecule has 4 heteroatoms. The Hall–Kier alpha value is -0.610. The highest BCUT2D eigenvalue weighted by Crippen LogP contribution is 2.24. The van der Waals surface area contributed by atoms with E-state index in [1.807, 2.05) is 4.90 Å². The molecule has 2 rings (SSSR count). The third-order valence-corrected chi connectivity index (χ3v) is 4.02. The Kier molecular flexibility index (Phi) is 3.73. The number of rotatable bonds is 2. The number of piperazine rings is 1. The van der Waals surface area contributed by atoms with Gasteiger partial charge in [-0.05, 0) is 26.2 Å². The summed E-state index contributed by atoms with van der Waals surface area (Å²) >= 11 is 0. The highest BCUT2D eigenvalue weighted by molar-refractivity contribution is 5.73. The van der Waals surface area contributed by atoms with Crippen molar-refractivity contribution in [2.24, 2.45) is 5.92 Å². The van der Waals surface area contributed by atoms with Crippen LogP contribution in [-0.2, 0) is 9.53 Å². The largest absolute Gasteiger partial charge is 0.381 e. The molecule has 2 aliphatic rings. The third kappa shape index (κ3) is 2.99. The van der Waals surface area contributed by atoms with E-state index in [4.69, 9.17) is 4.74 Å². The summed E-state index contributed by atoms with van der Waals surface area (Å²) in [6, 6.07) is 0. The number of carbonyl (C=O) groups excluding carboxylic acids is 1. The summed E-state index contributed by atoms with van der Waals surface area (Å²) in [5.41, 5.74) is 0.0898. The van der Waals surface area contributed by atoms with Crippen LogP contribution in [0, 0.1) is 5.92 Å². The zero-order valence-corrected chi connectivity index (χ0v) is 11.2. The fourth-order valence-corrected chi connectivity index (χ4v) is 2.84. The second kappa shape index (κ2) is 4.94. The van der Waals surface area contributed by atoms with Crippen LogP contribution in [0.5, 0.6) is 0 Å². The molecule has 2 aliphatic heterocycles. The molecule has 4 nitrogen and oxygen atoms in total. The van der Waals surface area contributed by atoms with Gasteiger partial charge in [0.15, 0.2) is 0 Å². The van der Waals surface area contributed by atoms with Crippen LogP contribution in [0.2, 0.25) is 0 Å². The Balaban J connectivity index is 1.92. The molecule has 0 unspecified atom stereocenters. The van der Waals surface area contributed by atoms with Crippen molar-refractivity contribution in [3.05, 3.63) is 0 Å². The zero-order valence-electron chi connectivity index (χ0n) is 11.2. The highest BCUT2D eigenvalue weighted by atomic mass is 16.5. The summed E-state index contributed by atoms with van der Waals surface area (Å²) in [4.78, 5) is 15.9. The minimum Gasteiger partial charge on any atom is -0.381 e. The molecule has 2 fully saturated rings. The number of amides is 1. The molecule has 0 bridgehead atoms. The molecule has 0 aromatic carbocycles. The van der Waals surface area contributed by atoms with Gasteiger partial charge in [0.1, 0.15) is 0 Å². The van der Waals surface area contributed by atoms with Crippen LogP contribution in [0.1, 0.15) is 27.2 Å². The van der Waals surface area contributed by atoms with Crippen LogP contribution < -0.4 is 0 Å². The molecular formula is C13H24N2O2. The van der Waals surface area contributed by atoms with Gasteiger partial charge in [0.25, 0.3) is 0 Å². The molecule has 2 saturated heterocycles. The molecule has 1 amide bonds. The molecule has 98 valence electrons. The fourth-order valence-electron chi connectivity index (χ4n) is 2.84. The van der Waals surface area contributed by atoms with Gasteiger partial charge >= 0.3 is 0 Å². The van der Waals surface area contributed by atoms with Crippen LogP contribution in [0.3, 0.4) is 0 Å². The van der Waals surface area contributed by atoms with E-state index in [0.29, 0.717) is 5.92 Å². The molecule has 0 aromatic heterocycles. The Labute approximate surface area is 104 Å². The Morgan fingerprint density at radius 2 is 2.18 bits per heavy atom. The van der Waals surface area contributed by atoms with Crippen LogP contribution in [0.25, 0.3) is 0 Å². The minimum absolute atomic E-state index is 0.0898. The van der Waals surface area contributed by atoms with Crippen molar-refractivity contribution in [2.45, 2.75) is 32.7 Å². The van der Waals surface area contributed by atoms with Crippen molar-refractivity contribution in [3.8, 4) is 0 Å². The predicted molar refractivity (Wildman–Crippen MR) is 66.8 cm³/mol. The molecule has 0 radical (unpaired) electrons. The lowest BCUT2D eigenvalue weighted by Crippen LogP contribution is -2.60. The van der Waals surface area contributed by atoms with E-state index in [0.717, 1.165) is 39.4 Å². The van der Waals surface area contributed by atoms with Gasteiger partial charge in [0.2, 0.25) is 5.91 Å². The van der Waals surface area contributed by atoms with Gasteiger partial charge in [-0.1, -0.05) is 0 Å². The second-order valence-electron chi connectivity index (χ2n) is 5.93. The Bertz CT molecular complexity index is 285. The van der Waals surface area contributed by atoms with Gasteiger partial charge in [-0.15, -0.1) is 0 Å². The van der Waals surface area contributed by atoms with Crippen molar-refractivity contribution >= 4 is 5.91 Å². The summed E-state index contributed by atoms with van der Waals surface area (Å²) in [7, 11) is 0.